The number of para-hydroxylation sites is 1. The highest BCUT2D eigenvalue weighted by Crippen LogP contribution is 2.49. The van der Waals surface area contributed by atoms with E-state index in [0.717, 1.165) is 33.8 Å². The molecule has 5 heteroatoms. The normalized spacial score (nSPS) is 15.5. The Morgan fingerprint density at radius 1 is 0.824 bits per heavy atom. The molecule has 0 aromatic heterocycles. The van der Waals surface area contributed by atoms with Crippen LogP contribution in [0.1, 0.15) is 22.3 Å². The number of anilines is 1. The molecule has 0 radical (unpaired) electrons. The van der Waals surface area contributed by atoms with Crippen molar-refractivity contribution >= 4 is 11.5 Å². The molecule has 6 rings (SSSR count). The first-order valence-electron chi connectivity index (χ1n) is 11.2. The summed E-state index contributed by atoms with van der Waals surface area (Å²) in [4.78, 5) is 7.67. The Hall–Kier alpha value is -4.25. The molecular weight excluding hydrogens is 424 g/mol. The lowest BCUT2D eigenvalue weighted by Gasteiger charge is -2.41. The van der Waals surface area contributed by atoms with Crippen LogP contribution in [0.4, 0.5) is 5.69 Å². The molecule has 0 atom stereocenters. The van der Waals surface area contributed by atoms with E-state index in [4.69, 9.17) is 19.2 Å². The van der Waals surface area contributed by atoms with E-state index >= 15 is 0 Å². The first kappa shape index (κ1) is 20.4. The zero-order valence-electron chi connectivity index (χ0n) is 19.1. The van der Waals surface area contributed by atoms with Gasteiger partial charge in [-0.05, 0) is 29.3 Å². The smallest absolute Gasteiger partial charge is 0.231 e. The lowest BCUT2D eigenvalue weighted by Crippen LogP contribution is -2.41. The third-order valence-electron chi connectivity index (χ3n) is 6.55. The quantitative estimate of drug-likeness (QED) is 0.407. The fraction of sp³-hybridized carbons (Fsp3) is 0.138. The van der Waals surface area contributed by atoms with Gasteiger partial charge in [0.1, 0.15) is 11.4 Å². The molecule has 4 aromatic carbocycles. The number of nitrogens with zero attached hydrogens (tertiary/aromatic N) is 2. The van der Waals surface area contributed by atoms with Crippen LogP contribution in [0.25, 0.3) is 0 Å². The molecule has 2 aliphatic rings. The van der Waals surface area contributed by atoms with Gasteiger partial charge in [-0.25, -0.2) is 4.99 Å². The lowest BCUT2D eigenvalue weighted by atomic mass is 9.75. The summed E-state index contributed by atoms with van der Waals surface area (Å²) in [6.45, 7) is 0.179. The van der Waals surface area contributed by atoms with E-state index in [2.05, 4.69) is 84.7 Å². The van der Waals surface area contributed by atoms with E-state index in [1.165, 1.54) is 0 Å². The monoisotopic (exact) mass is 448 g/mol. The van der Waals surface area contributed by atoms with Gasteiger partial charge in [-0.15, -0.1) is 0 Å². The third kappa shape index (κ3) is 2.97. The van der Waals surface area contributed by atoms with E-state index in [0.29, 0.717) is 17.2 Å². The molecule has 5 nitrogen and oxygen atoms in total. The molecule has 0 saturated heterocycles. The molecular formula is C29H24N2O3. The Morgan fingerprint density at radius 3 is 2.15 bits per heavy atom. The zero-order valence-corrected chi connectivity index (χ0v) is 19.1. The molecule has 0 unspecified atom stereocenters. The molecule has 0 N–H and O–H groups in total. The minimum atomic E-state index is -0.718. The van der Waals surface area contributed by atoms with Gasteiger partial charge in [0.05, 0.1) is 7.11 Å². The summed E-state index contributed by atoms with van der Waals surface area (Å²) in [7, 11) is 3.69. The van der Waals surface area contributed by atoms with Gasteiger partial charge in [0.2, 0.25) is 12.5 Å². The second-order valence-corrected chi connectivity index (χ2v) is 8.37. The van der Waals surface area contributed by atoms with Gasteiger partial charge in [-0.1, -0.05) is 78.9 Å². The Balaban J connectivity index is 1.68. The molecule has 0 bridgehead atoms. The van der Waals surface area contributed by atoms with E-state index in [1.54, 1.807) is 7.11 Å². The molecule has 168 valence electrons. The molecule has 0 spiro atoms. The Labute approximate surface area is 198 Å². The van der Waals surface area contributed by atoms with Crippen LogP contribution in [-0.4, -0.2) is 26.8 Å². The average molecular weight is 449 g/mol. The number of rotatable bonds is 4. The second-order valence-electron chi connectivity index (χ2n) is 8.37. The van der Waals surface area contributed by atoms with Crippen LogP contribution in [0.5, 0.6) is 17.2 Å². The van der Waals surface area contributed by atoms with E-state index in [9.17, 15) is 0 Å². The summed E-state index contributed by atoms with van der Waals surface area (Å²) < 4.78 is 17.0. The van der Waals surface area contributed by atoms with Gasteiger partial charge < -0.3 is 19.1 Å². The zero-order chi connectivity index (χ0) is 23.1. The van der Waals surface area contributed by atoms with Gasteiger partial charge in [0, 0.05) is 23.9 Å². The standard InChI is InChI=1S/C29H24N2O3/c1-31-24-16-10-9-15-23(24)29(21-11-5-3-6-12-21,22-13-7-4-8-14-22)30-28(31)20-17-25(32-2)27-26(18-20)33-19-34-27/h3-18H,19H2,1-2H3. The predicted molar refractivity (Wildman–Crippen MR) is 133 cm³/mol. The van der Waals surface area contributed by atoms with Gasteiger partial charge in [0.25, 0.3) is 0 Å². The number of amidine groups is 1. The number of hydrogen-bond acceptors (Lipinski definition) is 5. The number of benzene rings is 4. The van der Waals surface area contributed by atoms with Crippen molar-refractivity contribution in [3.8, 4) is 17.2 Å². The largest absolute Gasteiger partial charge is 0.493 e. The highest BCUT2D eigenvalue weighted by atomic mass is 16.7. The van der Waals surface area contributed by atoms with E-state index < -0.39 is 5.54 Å². The van der Waals surface area contributed by atoms with Crippen LogP contribution >= 0.6 is 0 Å². The van der Waals surface area contributed by atoms with Crippen LogP contribution in [0.3, 0.4) is 0 Å². The van der Waals surface area contributed by atoms with Crippen molar-refractivity contribution in [2.45, 2.75) is 5.54 Å². The fourth-order valence-corrected chi connectivity index (χ4v) is 4.96. The summed E-state index contributed by atoms with van der Waals surface area (Å²) in [5.74, 6) is 2.74. The fourth-order valence-electron chi connectivity index (χ4n) is 4.96. The van der Waals surface area contributed by atoms with Crippen molar-refractivity contribution in [3.05, 3.63) is 119 Å². The number of fused-ring (bicyclic) bond motifs is 2. The molecule has 0 fully saturated rings. The SMILES string of the molecule is COc1cc(C2=NC(c3ccccc3)(c3ccccc3)c3ccccc3N2C)cc2c1OCO2. The number of methoxy groups -OCH3 is 1. The van der Waals surface area contributed by atoms with Crippen LogP contribution in [0, 0.1) is 0 Å². The van der Waals surface area contributed by atoms with Gasteiger partial charge in [-0.3, -0.25) is 0 Å². The lowest BCUT2D eigenvalue weighted by molar-refractivity contribution is 0.171. The summed E-state index contributed by atoms with van der Waals surface area (Å²) in [6, 6.07) is 33.4. The van der Waals surface area contributed by atoms with Gasteiger partial charge in [-0.2, -0.15) is 0 Å². The molecule has 2 aliphatic heterocycles. The van der Waals surface area contributed by atoms with E-state index in [-0.39, 0.29) is 6.79 Å². The van der Waals surface area contributed by atoms with Crippen LogP contribution in [-0.2, 0) is 5.54 Å². The maximum atomic E-state index is 5.72. The Kier molecular flexibility index (Phi) is 4.77. The van der Waals surface area contributed by atoms with Crippen molar-refractivity contribution in [1.82, 2.24) is 0 Å². The van der Waals surface area contributed by atoms with Gasteiger partial charge >= 0.3 is 0 Å². The first-order valence-corrected chi connectivity index (χ1v) is 11.2. The van der Waals surface area contributed by atoms with Crippen molar-refractivity contribution in [3.63, 3.8) is 0 Å². The molecule has 0 amide bonds. The van der Waals surface area contributed by atoms with Crippen LogP contribution < -0.4 is 19.1 Å². The van der Waals surface area contributed by atoms with Crippen LogP contribution in [0.2, 0.25) is 0 Å². The van der Waals surface area contributed by atoms with Crippen LogP contribution in [0.15, 0.2) is 102 Å². The molecule has 34 heavy (non-hydrogen) atoms. The number of aliphatic imine (C=N–C) groups is 1. The van der Waals surface area contributed by atoms with Crippen molar-refractivity contribution in [1.29, 1.82) is 0 Å². The maximum Gasteiger partial charge on any atom is 0.231 e. The summed E-state index contributed by atoms with van der Waals surface area (Å²) >= 11 is 0. The second kappa shape index (κ2) is 7.96. The maximum absolute atomic E-state index is 5.72. The minimum Gasteiger partial charge on any atom is -0.493 e. The Bertz CT molecular complexity index is 1340. The van der Waals surface area contributed by atoms with Crippen molar-refractivity contribution in [2.75, 3.05) is 25.9 Å². The number of hydrogen-bond donors (Lipinski definition) is 0. The van der Waals surface area contributed by atoms with Crippen molar-refractivity contribution in [2.24, 2.45) is 4.99 Å². The first-order chi connectivity index (χ1) is 16.7. The summed E-state index contributed by atoms with van der Waals surface area (Å²) in [6.07, 6.45) is 0. The van der Waals surface area contributed by atoms with Gasteiger partial charge in [0.15, 0.2) is 11.5 Å². The molecule has 0 saturated carbocycles. The number of ether oxygens (including phenoxy) is 3. The highest BCUT2D eigenvalue weighted by Gasteiger charge is 2.43. The summed E-state index contributed by atoms with van der Waals surface area (Å²) in [5.41, 5.74) is 4.61. The average Bonchev–Trinajstić information content (AvgIpc) is 3.39. The highest BCUT2D eigenvalue weighted by molar-refractivity contribution is 6.12. The van der Waals surface area contributed by atoms with E-state index in [1.807, 2.05) is 24.3 Å². The molecule has 4 aromatic rings. The molecule has 2 heterocycles. The Morgan fingerprint density at radius 2 is 1.47 bits per heavy atom. The van der Waals surface area contributed by atoms with Crippen molar-refractivity contribution < 1.29 is 14.2 Å². The third-order valence-corrected chi connectivity index (χ3v) is 6.55. The summed E-state index contributed by atoms with van der Waals surface area (Å²) in [5, 5.41) is 0. The predicted octanol–water partition coefficient (Wildman–Crippen LogP) is 5.61. The molecule has 0 aliphatic carbocycles. The minimum absolute atomic E-state index is 0.179. The topological polar surface area (TPSA) is 43.3 Å².